The highest BCUT2D eigenvalue weighted by Crippen LogP contribution is 2.20. The fourth-order valence-electron chi connectivity index (χ4n) is 2.24. The third-order valence-electron chi connectivity index (χ3n) is 3.04. The molecule has 1 heterocycles. The minimum absolute atomic E-state index is 0.0662. The minimum Gasteiger partial charge on any atom is -0.375 e. The third kappa shape index (κ3) is 2.76. The van der Waals surface area contributed by atoms with Crippen LogP contribution >= 0.6 is 0 Å². The topological polar surface area (TPSA) is 56.2 Å². The summed E-state index contributed by atoms with van der Waals surface area (Å²) >= 11 is 0. The largest absolute Gasteiger partial charge is 0.375 e. The number of methoxy groups -OCH3 is 1. The average molecular weight is 261 g/mol. The van der Waals surface area contributed by atoms with E-state index in [0.717, 1.165) is 23.4 Å². The van der Waals surface area contributed by atoms with Crippen LogP contribution in [0.25, 0.3) is 11.0 Å². The molecule has 0 aliphatic rings. The van der Waals surface area contributed by atoms with Gasteiger partial charge in [-0.1, -0.05) is 12.1 Å². The molecule has 1 amide bonds. The van der Waals surface area contributed by atoms with Crippen LogP contribution in [0.15, 0.2) is 24.3 Å². The Balaban J connectivity index is 2.30. The molecule has 1 atom stereocenters. The average Bonchev–Trinajstić information content (AvgIpc) is 2.77. The van der Waals surface area contributed by atoms with E-state index in [9.17, 15) is 4.79 Å². The van der Waals surface area contributed by atoms with Gasteiger partial charge < -0.3 is 14.6 Å². The Morgan fingerprint density at radius 1 is 1.47 bits per heavy atom. The molecule has 19 heavy (non-hydrogen) atoms. The highest BCUT2D eigenvalue weighted by Gasteiger charge is 2.17. The Hall–Kier alpha value is -1.88. The van der Waals surface area contributed by atoms with Gasteiger partial charge >= 0.3 is 0 Å². The second kappa shape index (κ2) is 5.84. The van der Waals surface area contributed by atoms with Crippen LogP contribution < -0.4 is 5.32 Å². The molecular weight excluding hydrogens is 242 g/mol. The van der Waals surface area contributed by atoms with Gasteiger partial charge in [-0.25, -0.2) is 4.98 Å². The molecule has 2 aromatic rings. The molecule has 5 nitrogen and oxygen atoms in total. The van der Waals surface area contributed by atoms with Gasteiger partial charge in [0.2, 0.25) is 5.91 Å². The predicted octanol–water partition coefficient (Wildman–Crippen LogP) is 1.88. The van der Waals surface area contributed by atoms with Gasteiger partial charge in [0.15, 0.2) is 0 Å². The number of para-hydroxylation sites is 2. The Kier molecular flexibility index (Phi) is 4.16. The number of aromatic nitrogens is 2. The summed E-state index contributed by atoms with van der Waals surface area (Å²) in [4.78, 5) is 16.2. The fraction of sp³-hybridized carbons (Fsp3) is 0.429. The minimum atomic E-state index is -0.144. The molecule has 2 rings (SSSR count). The number of amides is 1. The van der Waals surface area contributed by atoms with Gasteiger partial charge in [-0.3, -0.25) is 4.79 Å². The standard InChI is InChI=1S/C14H19N3O2/c1-4-17-12-8-6-5-7-11(12)16-14(17)10(2)15-13(18)9-19-3/h5-8,10H,4,9H2,1-3H3,(H,15,18)/t10-/m1/s1. The van der Waals surface area contributed by atoms with E-state index < -0.39 is 0 Å². The molecule has 1 aromatic carbocycles. The van der Waals surface area contributed by atoms with Gasteiger partial charge in [0.05, 0.1) is 17.1 Å². The Labute approximate surface area is 112 Å². The summed E-state index contributed by atoms with van der Waals surface area (Å²) in [6.07, 6.45) is 0. The number of carbonyl (C=O) groups is 1. The number of rotatable bonds is 5. The Morgan fingerprint density at radius 3 is 2.89 bits per heavy atom. The summed E-state index contributed by atoms with van der Waals surface area (Å²) in [6.45, 7) is 4.89. The molecule has 102 valence electrons. The smallest absolute Gasteiger partial charge is 0.246 e. The van der Waals surface area contributed by atoms with Crippen LogP contribution in [0.1, 0.15) is 25.7 Å². The van der Waals surface area contributed by atoms with Crippen LogP contribution in [-0.4, -0.2) is 29.2 Å². The molecule has 1 aromatic heterocycles. The molecule has 0 saturated carbocycles. The molecule has 0 unspecified atom stereocenters. The molecule has 0 saturated heterocycles. The monoisotopic (exact) mass is 261 g/mol. The molecule has 0 fully saturated rings. The quantitative estimate of drug-likeness (QED) is 0.894. The highest BCUT2D eigenvalue weighted by atomic mass is 16.5. The van der Waals surface area contributed by atoms with E-state index in [1.807, 2.05) is 31.2 Å². The third-order valence-corrected chi connectivity index (χ3v) is 3.04. The van der Waals surface area contributed by atoms with Gasteiger partial charge in [-0.05, 0) is 26.0 Å². The lowest BCUT2D eigenvalue weighted by Gasteiger charge is -2.15. The number of hydrogen-bond acceptors (Lipinski definition) is 3. The molecule has 0 aliphatic carbocycles. The fourth-order valence-corrected chi connectivity index (χ4v) is 2.24. The highest BCUT2D eigenvalue weighted by molar-refractivity contribution is 5.78. The zero-order chi connectivity index (χ0) is 13.8. The molecule has 0 bridgehead atoms. The van der Waals surface area contributed by atoms with Crippen molar-refractivity contribution in [3.63, 3.8) is 0 Å². The summed E-state index contributed by atoms with van der Waals surface area (Å²) in [5.41, 5.74) is 2.04. The summed E-state index contributed by atoms with van der Waals surface area (Å²) in [7, 11) is 1.51. The number of fused-ring (bicyclic) bond motifs is 1. The number of hydrogen-bond donors (Lipinski definition) is 1. The van der Waals surface area contributed by atoms with E-state index in [2.05, 4.69) is 21.8 Å². The molecular formula is C14H19N3O2. The van der Waals surface area contributed by atoms with E-state index in [-0.39, 0.29) is 18.6 Å². The lowest BCUT2D eigenvalue weighted by molar-refractivity contribution is -0.125. The molecule has 0 spiro atoms. The SMILES string of the molecule is CCn1c([C@@H](C)NC(=O)COC)nc2ccccc21. The van der Waals surface area contributed by atoms with E-state index >= 15 is 0 Å². The van der Waals surface area contributed by atoms with Crippen LogP contribution in [0, 0.1) is 0 Å². The maximum Gasteiger partial charge on any atom is 0.246 e. The molecule has 0 aliphatic heterocycles. The number of carbonyl (C=O) groups excluding carboxylic acids is 1. The second-order valence-electron chi connectivity index (χ2n) is 4.43. The van der Waals surface area contributed by atoms with Gasteiger partial charge in [0, 0.05) is 13.7 Å². The van der Waals surface area contributed by atoms with Gasteiger partial charge in [0.25, 0.3) is 0 Å². The lowest BCUT2D eigenvalue weighted by Crippen LogP contribution is -2.31. The van der Waals surface area contributed by atoms with Crippen LogP contribution in [0.3, 0.4) is 0 Å². The van der Waals surface area contributed by atoms with Crippen molar-refractivity contribution < 1.29 is 9.53 Å². The summed E-state index contributed by atoms with van der Waals surface area (Å²) < 4.78 is 6.93. The maximum atomic E-state index is 11.6. The van der Waals surface area contributed by atoms with Gasteiger partial charge in [-0.2, -0.15) is 0 Å². The first-order chi connectivity index (χ1) is 9.17. The van der Waals surface area contributed by atoms with Crippen LogP contribution in [0.2, 0.25) is 0 Å². The van der Waals surface area contributed by atoms with Crippen molar-refractivity contribution in [3.8, 4) is 0 Å². The number of nitrogens with one attached hydrogen (secondary N) is 1. The number of imidazole rings is 1. The number of nitrogens with zero attached hydrogens (tertiary/aromatic N) is 2. The van der Waals surface area contributed by atoms with E-state index in [1.165, 1.54) is 7.11 Å². The first-order valence-electron chi connectivity index (χ1n) is 6.40. The van der Waals surface area contributed by atoms with Crippen molar-refractivity contribution in [3.05, 3.63) is 30.1 Å². The zero-order valence-electron chi connectivity index (χ0n) is 11.5. The van der Waals surface area contributed by atoms with E-state index in [1.54, 1.807) is 0 Å². The molecule has 5 heteroatoms. The number of benzene rings is 1. The number of ether oxygens (including phenoxy) is 1. The predicted molar refractivity (Wildman–Crippen MR) is 73.8 cm³/mol. The summed E-state index contributed by atoms with van der Waals surface area (Å²) in [5.74, 6) is 0.734. The summed E-state index contributed by atoms with van der Waals surface area (Å²) in [6, 6.07) is 7.84. The van der Waals surface area contributed by atoms with Crippen LogP contribution in [-0.2, 0) is 16.1 Å². The maximum absolute atomic E-state index is 11.6. The van der Waals surface area contributed by atoms with Gasteiger partial charge in [0.1, 0.15) is 12.4 Å². The Bertz CT molecular complexity index is 577. The van der Waals surface area contributed by atoms with Crippen molar-refractivity contribution in [1.82, 2.24) is 14.9 Å². The van der Waals surface area contributed by atoms with Crippen molar-refractivity contribution in [2.45, 2.75) is 26.4 Å². The van der Waals surface area contributed by atoms with Crippen LogP contribution in [0.5, 0.6) is 0 Å². The second-order valence-corrected chi connectivity index (χ2v) is 4.43. The van der Waals surface area contributed by atoms with Crippen molar-refractivity contribution in [2.24, 2.45) is 0 Å². The normalized spacial score (nSPS) is 12.6. The van der Waals surface area contributed by atoms with Crippen LogP contribution in [0.4, 0.5) is 0 Å². The Morgan fingerprint density at radius 2 is 2.21 bits per heavy atom. The first-order valence-corrected chi connectivity index (χ1v) is 6.40. The van der Waals surface area contributed by atoms with Gasteiger partial charge in [-0.15, -0.1) is 0 Å². The summed E-state index contributed by atoms with van der Waals surface area (Å²) in [5, 5.41) is 2.89. The first kappa shape index (κ1) is 13.5. The number of aryl methyl sites for hydroxylation is 1. The van der Waals surface area contributed by atoms with Crippen molar-refractivity contribution >= 4 is 16.9 Å². The van der Waals surface area contributed by atoms with Crippen molar-refractivity contribution in [2.75, 3.05) is 13.7 Å². The van der Waals surface area contributed by atoms with Crippen molar-refractivity contribution in [1.29, 1.82) is 0 Å². The van der Waals surface area contributed by atoms with E-state index in [4.69, 9.17) is 4.74 Å². The zero-order valence-corrected chi connectivity index (χ0v) is 11.5. The molecule has 0 radical (unpaired) electrons. The lowest BCUT2D eigenvalue weighted by atomic mass is 10.3. The van der Waals surface area contributed by atoms with E-state index in [0.29, 0.717) is 0 Å². The molecule has 1 N–H and O–H groups in total.